The summed E-state index contributed by atoms with van der Waals surface area (Å²) >= 11 is 5.91. The Morgan fingerprint density at radius 2 is 1.96 bits per heavy atom. The lowest BCUT2D eigenvalue weighted by molar-refractivity contribution is -0.115. The van der Waals surface area contributed by atoms with E-state index in [9.17, 15) is 14.4 Å². The van der Waals surface area contributed by atoms with Gasteiger partial charge < -0.3 is 15.0 Å². The lowest BCUT2D eigenvalue weighted by atomic mass is 10.2. The summed E-state index contributed by atoms with van der Waals surface area (Å²) in [4.78, 5) is 42.4. The predicted molar refractivity (Wildman–Crippen MR) is 102 cm³/mol. The molecule has 140 valence electrons. The van der Waals surface area contributed by atoms with Gasteiger partial charge in [-0.15, -0.1) is 0 Å². The number of aromatic nitrogens is 2. The molecule has 0 aliphatic carbocycles. The molecule has 2 aromatic carbocycles. The molecule has 0 fully saturated rings. The molecule has 9 heteroatoms. The minimum atomic E-state index is -0.622. The van der Waals surface area contributed by atoms with Crippen LogP contribution in [0, 0.1) is 11.3 Å². The van der Waals surface area contributed by atoms with Crippen LogP contribution in [0.1, 0.15) is 22.6 Å². The monoisotopic (exact) mass is 396 g/mol. The van der Waals surface area contributed by atoms with E-state index in [0.29, 0.717) is 21.6 Å². The third-order valence-electron chi connectivity index (χ3n) is 3.70. The molecule has 1 amide bonds. The molecule has 0 unspecified atom stereocenters. The van der Waals surface area contributed by atoms with E-state index in [-0.39, 0.29) is 30.0 Å². The van der Waals surface area contributed by atoms with Crippen molar-refractivity contribution in [1.82, 2.24) is 9.97 Å². The van der Waals surface area contributed by atoms with Crippen LogP contribution in [0.4, 0.5) is 5.69 Å². The molecule has 0 bridgehead atoms. The number of hydrogen-bond acceptors (Lipinski definition) is 6. The lowest BCUT2D eigenvalue weighted by Crippen LogP contribution is -2.14. The summed E-state index contributed by atoms with van der Waals surface area (Å²) < 4.78 is 5.17. The Bertz CT molecular complexity index is 1150. The molecule has 8 nitrogen and oxygen atoms in total. The Balaban J connectivity index is 1.67. The molecule has 0 saturated carbocycles. The number of halogens is 1. The molecule has 1 heterocycles. The van der Waals surface area contributed by atoms with Crippen molar-refractivity contribution in [2.75, 3.05) is 5.32 Å². The highest BCUT2D eigenvalue weighted by atomic mass is 35.5. The number of carbonyl (C=O) groups is 2. The van der Waals surface area contributed by atoms with Gasteiger partial charge in [-0.05, 0) is 42.5 Å². The van der Waals surface area contributed by atoms with Crippen molar-refractivity contribution in [3.8, 4) is 6.07 Å². The average molecular weight is 397 g/mol. The van der Waals surface area contributed by atoms with E-state index in [0.717, 1.165) is 0 Å². The lowest BCUT2D eigenvalue weighted by Gasteiger charge is -2.07. The summed E-state index contributed by atoms with van der Waals surface area (Å²) in [5.41, 5.74) is 0.753. The van der Waals surface area contributed by atoms with Gasteiger partial charge in [0.1, 0.15) is 18.9 Å². The first kappa shape index (κ1) is 19.1. The maximum atomic E-state index is 12.2. The van der Waals surface area contributed by atoms with Crippen molar-refractivity contribution in [3.05, 3.63) is 69.2 Å². The Hall–Kier alpha value is -3.70. The van der Waals surface area contributed by atoms with Crippen LogP contribution >= 0.6 is 11.6 Å². The number of benzene rings is 2. The summed E-state index contributed by atoms with van der Waals surface area (Å²) in [6, 6.07) is 12.4. The van der Waals surface area contributed by atoms with Crippen LogP contribution in [0.2, 0.25) is 5.02 Å². The molecule has 0 aliphatic heterocycles. The zero-order valence-corrected chi connectivity index (χ0v) is 15.1. The van der Waals surface area contributed by atoms with Crippen LogP contribution in [0.3, 0.4) is 0 Å². The SMILES string of the molecule is N#CCC(=O)Nc1ccc(C(=O)OCc2nc3cc(Cl)ccc3c(=O)[nH]2)cc1. The maximum Gasteiger partial charge on any atom is 0.338 e. The number of aromatic amines is 1. The molecule has 0 atom stereocenters. The summed E-state index contributed by atoms with van der Waals surface area (Å²) in [6.07, 6.45) is -0.258. The summed E-state index contributed by atoms with van der Waals surface area (Å²) in [7, 11) is 0. The Morgan fingerprint density at radius 3 is 2.68 bits per heavy atom. The number of amides is 1. The number of ether oxygens (including phenoxy) is 1. The second-order valence-corrected chi connectivity index (χ2v) is 6.15. The van der Waals surface area contributed by atoms with Crippen LogP contribution < -0.4 is 10.9 Å². The van der Waals surface area contributed by atoms with E-state index in [1.807, 2.05) is 0 Å². The van der Waals surface area contributed by atoms with Crippen molar-refractivity contribution in [3.63, 3.8) is 0 Å². The molecular formula is C19H13ClN4O4. The first-order valence-corrected chi connectivity index (χ1v) is 8.46. The van der Waals surface area contributed by atoms with Gasteiger partial charge >= 0.3 is 5.97 Å². The van der Waals surface area contributed by atoms with Gasteiger partial charge in [0.2, 0.25) is 5.91 Å². The van der Waals surface area contributed by atoms with Crippen molar-refractivity contribution in [1.29, 1.82) is 5.26 Å². The zero-order chi connectivity index (χ0) is 20.1. The molecule has 1 aromatic heterocycles. The van der Waals surface area contributed by atoms with Crippen LogP contribution in [-0.4, -0.2) is 21.8 Å². The van der Waals surface area contributed by atoms with Gasteiger partial charge in [-0.25, -0.2) is 9.78 Å². The highest BCUT2D eigenvalue weighted by Gasteiger charge is 2.11. The van der Waals surface area contributed by atoms with Gasteiger partial charge in [0.05, 0.1) is 22.5 Å². The van der Waals surface area contributed by atoms with Crippen LogP contribution in [-0.2, 0) is 16.1 Å². The minimum Gasteiger partial charge on any atom is -0.454 e. The normalized spacial score (nSPS) is 10.3. The van der Waals surface area contributed by atoms with Gasteiger partial charge in [0.25, 0.3) is 5.56 Å². The molecule has 0 radical (unpaired) electrons. The molecular weight excluding hydrogens is 384 g/mol. The third-order valence-corrected chi connectivity index (χ3v) is 3.94. The number of nitriles is 1. The molecule has 0 spiro atoms. The van der Waals surface area contributed by atoms with Gasteiger partial charge in [0, 0.05) is 10.7 Å². The topological polar surface area (TPSA) is 125 Å². The van der Waals surface area contributed by atoms with Crippen LogP contribution in [0.15, 0.2) is 47.3 Å². The predicted octanol–water partition coefficient (Wildman–Crippen LogP) is 2.79. The third kappa shape index (κ3) is 4.52. The number of H-pyrrole nitrogens is 1. The number of carbonyl (C=O) groups excluding carboxylic acids is 2. The van der Waals surface area contributed by atoms with Gasteiger partial charge in [-0.2, -0.15) is 5.26 Å². The average Bonchev–Trinajstić information content (AvgIpc) is 2.66. The number of esters is 1. The molecule has 2 N–H and O–H groups in total. The van der Waals surface area contributed by atoms with Gasteiger partial charge in [0.15, 0.2) is 0 Å². The van der Waals surface area contributed by atoms with Crippen LogP contribution in [0.25, 0.3) is 10.9 Å². The van der Waals surface area contributed by atoms with Crippen LogP contribution in [0.5, 0.6) is 0 Å². The minimum absolute atomic E-state index is 0.188. The van der Waals surface area contributed by atoms with E-state index in [1.165, 1.54) is 24.3 Å². The molecule has 0 saturated heterocycles. The largest absolute Gasteiger partial charge is 0.454 e. The fourth-order valence-electron chi connectivity index (χ4n) is 2.41. The van der Waals surface area contributed by atoms with Crippen molar-refractivity contribution in [2.24, 2.45) is 0 Å². The number of rotatable bonds is 5. The van der Waals surface area contributed by atoms with E-state index >= 15 is 0 Å². The van der Waals surface area contributed by atoms with Gasteiger partial charge in [-0.3, -0.25) is 9.59 Å². The first-order valence-electron chi connectivity index (χ1n) is 8.09. The molecule has 0 aliphatic rings. The number of nitrogens with one attached hydrogen (secondary N) is 2. The van der Waals surface area contributed by atoms with E-state index in [4.69, 9.17) is 21.6 Å². The van der Waals surface area contributed by atoms with Crippen molar-refractivity contribution in [2.45, 2.75) is 13.0 Å². The van der Waals surface area contributed by atoms with E-state index in [1.54, 1.807) is 24.3 Å². The molecule has 3 rings (SSSR count). The Labute approximate surface area is 163 Å². The fourth-order valence-corrected chi connectivity index (χ4v) is 2.58. The fraction of sp³-hybridized carbons (Fsp3) is 0.105. The number of anilines is 1. The maximum absolute atomic E-state index is 12.2. The second-order valence-electron chi connectivity index (χ2n) is 5.71. The van der Waals surface area contributed by atoms with Crippen molar-refractivity contribution < 1.29 is 14.3 Å². The summed E-state index contributed by atoms with van der Waals surface area (Å²) in [5, 5.41) is 11.8. The number of hydrogen-bond donors (Lipinski definition) is 2. The number of nitrogens with zero attached hydrogens (tertiary/aromatic N) is 2. The van der Waals surface area contributed by atoms with E-state index < -0.39 is 11.9 Å². The summed E-state index contributed by atoms with van der Waals surface area (Å²) in [6.45, 7) is -0.225. The Morgan fingerprint density at radius 1 is 1.21 bits per heavy atom. The highest BCUT2D eigenvalue weighted by molar-refractivity contribution is 6.31. The molecule has 28 heavy (non-hydrogen) atoms. The quantitative estimate of drug-likeness (QED) is 0.639. The van der Waals surface area contributed by atoms with Crippen molar-refractivity contribution >= 4 is 40.1 Å². The Kier molecular flexibility index (Phi) is 5.67. The first-order chi connectivity index (χ1) is 13.5. The van der Waals surface area contributed by atoms with E-state index in [2.05, 4.69) is 15.3 Å². The standard InChI is InChI=1S/C19H13ClN4O4/c20-12-3-6-14-15(9-12)23-16(24-18(14)26)10-28-19(27)11-1-4-13(5-2-11)22-17(25)7-8-21/h1-6,9H,7,10H2,(H,22,25)(H,23,24,26). The zero-order valence-electron chi connectivity index (χ0n) is 14.4. The number of fused-ring (bicyclic) bond motifs is 1. The second kappa shape index (κ2) is 8.33. The summed E-state index contributed by atoms with van der Waals surface area (Å²) in [5.74, 6) is -0.874. The highest BCUT2D eigenvalue weighted by Crippen LogP contribution is 2.15. The van der Waals surface area contributed by atoms with Gasteiger partial charge in [-0.1, -0.05) is 11.6 Å². The smallest absolute Gasteiger partial charge is 0.338 e. The molecule has 3 aromatic rings.